The maximum atomic E-state index is 5.81. The van der Waals surface area contributed by atoms with E-state index >= 15 is 0 Å². The molecule has 1 aromatic heterocycles. The third-order valence-electron chi connectivity index (χ3n) is 3.68. The van der Waals surface area contributed by atoms with Crippen LogP contribution in [0.5, 0.6) is 0 Å². The van der Waals surface area contributed by atoms with E-state index in [1.807, 2.05) is 54.2 Å². The van der Waals surface area contributed by atoms with Crippen molar-refractivity contribution in [2.24, 2.45) is 5.73 Å². The molecule has 4 N–H and O–H groups in total. The van der Waals surface area contributed by atoms with Crippen molar-refractivity contribution in [2.45, 2.75) is 25.4 Å². The molecule has 1 aromatic carbocycles. The Morgan fingerprint density at radius 1 is 1.33 bits per heavy atom. The largest absolute Gasteiger partial charge is 0.358 e. The van der Waals surface area contributed by atoms with Crippen LogP contribution in [0.15, 0.2) is 36.5 Å². The van der Waals surface area contributed by atoms with Crippen molar-refractivity contribution in [3.63, 3.8) is 0 Å². The Bertz CT molecular complexity index is 691. The van der Waals surface area contributed by atoms with E-state index in [9.17, 15) is 0 Å². The summed E-state index contributed by atoms with van der Waals surface area (Å²) in [5.41, 5.74) is 8.84. The lowest BCUT2D eigenvalue weighted by Crippen LogP contribution is -2.30. The monoisotopic (exact) mass is 283 g/mol. The van der Waals surface area contributed by atoms with Gasteiger partial charge in [-0.3, -0.25) is 4.57 Å². The lowest BCUT2D eigenvalue weighted by molar-refractivity contribution is 0.392. The molecule has 3 atom stereocenters. The Labute approximate surface area is 122 Å². The molecule has 6 heteroatoms. The quantitative estimate of drug-likeness (QED) is 0.750. The van der Waals surface area contributed by atoms with Crippen molar-refractivity contribution in [2.75, 3.05) is 10.6 Å². The Kier molecular flexibility index (Phi) is 2.73. The molecule has 1 fully saturated rings. The van der Waals surface area contributed by atoms with E-state index < -0.39 is 0 Å². The fourth-order valence-corrected chi connectivity index (χ4v) is 2.37. The van der Waals surface area contributed by atoms with Crippen LogP contribution in [0, 0.1) is 0 Å². The summed E-state index contributed by atoms with van der Waals surface area (Å²) in [6.07, 6.45) is 6.06. The van der Waals surface area contributed by atoms with Gasteiger partial charge >= 0.3 is 0 Å². The molecule has 2 aromatic rings. The molecule has 0 saturated carbocycles. The van der Waals surface area contributed by atoms with E-state index in [0.717, 1.165) is 22.9 Å². The summed E-state index contributed by atoms with van der Waals surface area (Å²) in [4.78, 5) is 4.56. The molecule has 3 heterocycles. The number of aromatic nitrogens is 2. The summed E-state index contributed by atoms with van der Waals surface area (Å²) in [5.74, 6) is 0.766. The topological polar surface area (TPSA) is 80.4 Å². The first kappa shape index (κ1) is 12.4. The zero-order valence-electron chi connectivity index (χ0n) is 11.7. The SMILES string of the molecule is CC1OC1Nc1ccc(-c2cn3c(n2)NC(N)C=C3)cc1. The first-order chi connectivity index (χ1) is 10.2. The normalized spacial score (nSPS) is 26.1. The number of nitrogens with one attached hydrogen (secondary N) is 2. The number of fused-ring (bicyclic) bond motifs is 1. The van der Waals surface area contributed by atoms with Gasteiger partial charge in [0.1, 0.15) is 6.10 Å². The van der Waals surface area contributed by atoms with Gasteiger partial charge in [-0.2, -0.15) is 0 Å². The second kappa shape index (κ2) is 4.61. The maximum Gasteiger partial charge on any atom is 0.209 e. The van der Waals surface area contributed by atoms with Crippen LogP contribution < -0.4 is 16.4 Å². The Morgan fingerprint density at radius 2 is 2.10 bits per heavy atom. The average molecular weight is 283 g/mol. The zero-order valence-corrected chi connectivity index (χ0v) is 11.7. The minimum absolute atomic E-state index is 0.145. The van der Waals surface area contributed by atoms with E-state index in [4.69, 9.17) is 10.5 Å². The number of hydrogen-bond donors (Lipinski definition) is 3. The molecule has 0 bridgehead atoms. The number of nitrogens with zero attached hydrogens (tertiary/aromatic N) is 2. The molecule has 0 radical (unpaired) electrons. The van der Waals surface area contributed by atoms with Crippen molar-refractivity contribution in [1.29, 1.82) is 0 Å². The predicted octanol–water partition coefficient (Wildman–Crippen LogP) is 1.89. The molecule has 3 unspecified atom stereocenters. The number of rotatable bonds is 3. The molecule has 0 aliphatic carbocycles. The lowest BCUT2D eigenvalue weighted by atomic mass is 10.1. The second-order valence-corrected chi connectivity index (χ2v) is 5.35. The van der Waals surface area contributed by atoms with E-state index in [1.54, 1.807) is 0 Å². The predicted molar refractivity (Wildman–Crippen MR) is 82.5 cm³/mol. The van der Waals surface area contributed by atoms with Gasteiger partial charge in [0, 0.05) is 23.6 Å². The summed E-state index contributed by atoms with van der Waals surface area (Å²) in [6, 6.07) is 8.18. The fraction of sp³-hybridized carbons (Fsp3) is 0.267. The fourth-order valence-electron chi connectivity index (χ4n) is 2.37. The number of hydrogen-bond acceptors (Lipinski definition) is 5. The van der Waals surface area contributed by atoms with Gasteiger partial charge in [0.05, 0.1) is 11.9 Å². The van der Waals surface area contributed by atoms with Crippen LogP contribution in [0.1, 0.15) is 6.92 Å². The van der Waals surface area contributed by atoms with Crippen molar-refractivity contribution in [1.82, 2.24) is 9.55 Å². The van der Waals surface area contributed by atoms with Crippen LogP contribution >= 0.6 is 0 Å². The minimum Gasteiger partial charge on any atom is -0.358 e. The average Bonchev–Trinajstić information content (AvgIpc) is 3.00. The van der Waals surface area contributed by atoms with Gasteiger partial charge < -0.3 is 21.1 Å². The Hall–Kier alpha value is -2.31. The summed E-state index contributed by atoms with van der Waals surface area (Å²) in [7, 11) is 0. The van der Waals surface area contributed by atoms with Gasteiger partial charge in [0.25, 0.3) is 0 Å². The van der Waals surface area contributed by atoms with Crippen molar-refractivity contribution in [3.05, 3.63) is 36.5 Å². The number of imidazole rings is 1. The van der Waals surface area contributed by atoms with E-state index in [-0.39, 0.29) is 12.4 Å². The molecule has 0 spiro atoms. The lowest BCUT2D eigenvalue weighted by Gasteiger charge is -2.15. The number of anilines is 2. The summed E-state index contributed by atoms with van der Waals surface area (Å²) < 4.78 is 7.28. The highest BCUT2D eigenvalue weighted by Crippen LogP contribution is 2.27. The Balaban J connectivity index is 1.55. The summed E-state index contributed by atoms with van der Waals surface area (Å²) in [5, 5.41) is 6.43. The summed E-state index contributed by atoms with van der Waals surface area (Å²) >= 11 is 0. The van der Waals surface area contributed by atoms with E-state index in [1.165, 1.54) is 0 Å². The van der Waals surface area contributed by atoms with Gasteiger partial charge in [-0.1, -0.05) is 12.1 Å². The maximum absolute atomic E-state index is 5.81. The van der Waals surface area contributed by atoms with E-state index in [2.05, 4.69) is 15.6 Å². The number of nitrogens with two attached hydrogens (primary N) is 1. The van der Waals surface area contributed by atoms with Crippen LogP contribution in [-0.2, 0) is 4.74 Å². The van der Waals surface area contributed by atoms with Crippen LogP contribution in [0.2, 0.25) is 0 Å². The standard InChI is InChI=1S/C15H17N5O/c1-9-14(21-9)17-11-4-2-10(3-5-11)12-8-20-7-6-13(16)19-15(20)18-12/h2-9,13-14,17H,16H2,1H3,(H,18,19). The van der Waals surface area contributed by atoms with Crippen molar-refractivity contribution >= 4 is 17.8 Å². The van der Waals surface area contributed by atoms with Crippen molar-refractivity contribution < 1.29 is 4.74 Å². The van der Waals surface area contributed by atoms with Gasteiger partial charge in [0.2, 0.25) is 5.95 Å². The number of epoxide rings is 1. The van der Waals surface area contributed by atoms with Gasteiger partial charge in [-0.25, -0.2) is 4.98 Å². The molecule has 2 aliphatic rings. The first-order valence-electron chi connectivity index (χ1n) is 7.01. The first-order valence-corrected chi connectivity index (χ1v) is 7.01. The van der Waals surface area contributed by atoms with Gasteiger partial charge in [0.15, 0.2) is 6.23 Å². The highest BCUT2D eigenvalue weighted by Gasteiger charge is 2.33. The molecular weight excluding hydrogens is 266 g/mol. The molecule has 1 saturated heterocycles. The molecule has 6 nitrogen and oxygen atoms in total. The third-order valence-corrected chi connectivity index (χ3v) is 3.68. The molecular formula is C15H17N5O. The van der Waals surface area contributed by atoms with Crippen LogP contribution in [-0.4, -0.2) is 28.0 Å². The summed E-state index contributed by atoms with van der Waals surface area (Å²) in [6.45, 7) is 2.05. The second-order valence-electron chi connectivity index (χ2n) is 5.35. The van der Waals surface area contributed by atoms with Crippen LogP contribution in [0.25, 0.3) is 17.5 Å². The molecule has 21 heavy (non-hydrogen) atoms. The van der Waals surface area contributed by atoms with E-state index in [0.29, 0.717) is 6.10 Å². The highest BCUT2D eigenvalue weighted by atomic mass is 16.6. The zero-order chi connectivity index (χ0) is 14.4. The minimum atomic E-state index is -0.181. The smallest absolute Gasteiger partial charge is 0.209 e. The van der Waals surface area contributed by atoms with Gasteiger partial charge in [-0.05, 0) is 25.1 Å². The molecule has 4 rings (SSSR count). The Morgan fingerprint density at radius 3 is 2.81 bits per heavy atom. The van der Waals surface area contributed by atoms with Crippen LogP contribution in [0.3, 0.4) is 0 Å². The number of benzene rings is 1. The van der Waals surface area contributed by atoms with Crippen molar-refractivity contribution in [3.8, 4) is 11.3 Å². The van der Waals surface area contributed by atoms with Gasteiger partial charge in [-0.15, -0.1) is 0 Å². The van der Waals surface area contributed by atoms with Crippen LogP contribution in [0.4, 0.5) is 11.6 Å². The molecule has 108 valence electrons. The third kappa shape index (κ3) is 2.39. The molecule has 2 aliphatic heterocycles. The molecule has 0 amide bonds. The highest BCUT2D eigenvalue weighted by molar-refractivity contribution is 5.66. The number of ether oxygens (including phenoxy) is 1.